The maximum atomic E-state index is 7.17. The first-order valence-electron chi connectivity index (χ1n) is 2.61. The van der Waals surface area contributed by atoms with E-state index in [2.05, 4.69) is 0 Å². The molecule has 0 rings (SSSR count). The van der Waals surface area contributed by atoms with Crippen LogP contribution >= 0.6 is 12.4 Å². The van der Waals surface area contributed by atoms with Crippen LogP contribution in [0.2, 0.25) is 0 Å². The van der Waals surface area contributed by atoms with Crippen molar-refractivity contribution in [1.29, 1.82) is 5.41 Å². The predicted molar refractivity (Wildman–Crippen MR) is 41.4 cm³/mol. The van der Waals surface area contributed by atoms with Gasteiger partial charge in [0.15, 0.2) is 5.90 Å². The molecule has 0 saturated heterocycles. The van der Waals surface area contributed by atoms with Gasteiger partial charge < -0.3 is 4.74 Å². The monoisotopic (exact) mass is 151 g/mol. The SMILES string of the molecule is COC(=N)C(C)(C)C.Cl. The van der Waals surface area contributed by atoms with E-state index in [4.69, 9.17) is 10.1 Å². The zero-order chi connectivity index (χ0) is 6.78. The highest BCUT2D eigenvalue weighted by atomic mass is 35.5. The fourth-order valence-corrected chi connectivity index (χ4v) is 0.306. The maximum absolute atomic E-state index is 7.17. The maximum Gasteiger partial charge on any atom is 0.185 e. The van der Waals surface area contributed by atoms with Crippen molar-refractivity contribution in [3.8, 4) is 0 Å². The summed E-state index contributed by atoms with van der Waals surface area (Å²) in [5.41, 5.74) is -0.130. The molecule has 0 atom stereocenters. The molecule has 9 heavy (non-hydrogen) atoms. The first-order valence-corrected chi connectivity index (χ1v) is 2.61. The molecule has 0 aromatic rings. The van der Waals surface area contributed by atoms with E-state index in [-0.39, 0.29) is 17.8 Å². The van der Waals surface area contributed by atoms with Crippen LogP contribution < -0.4 is 0 Å². The average molecular weight is 152 g/mol. The summed E-state index contributed by atoms with van der Waals surface area (Å²) >= 11 is 0. The van der Waals surface area contributed by atoms with E-state index in [0.717, 1.165) is 0 Å². The number of rotatable bonds is 0. The molecule has 0 heterocycles. The highest BCUT2D eigenvalue weighted by Gasteiger charge is 2.16. The van der Waals surface area contributed by atoms with Gasteiger partial charge in [-0.3, -0.25) is 5.41 Å². The quantitative estimate of drug-likeness (QED) is 0.417. The standard InChI is InChI=1S/C6H13NO.ClH/c1-6(2,3)5(7)8-4;/h7H,1-4H3;1H. The summed E-state index contributed by atoms with van der Waals surface area (Å²) in [6, 6.07) is 0. The molecule has 3 heteroatoms. The van der Waals surface area contributed by atoms with Gasteiger partial charge in [-0.25, -0.2) is 0 Å². The van der Waals surface area contributed by atoms with Crippen LogP contribution in [-0.4, -0.2) is 13.0 Å². The fraction of sp³-hybridized carbons (Fsp3) is 0.833. The molecule has 0 radical (unpaired) electrons. The van der Waals surface area contributed by atoms with Crippen LogP contribution in [0.4, 0.5) is 0 Å². The molecule has 0 bridgehead atoms. The Morgan fingerprint density at radius 1 is 1.33 bits per heavy atom. The smallest absolute Gasteiger partial charge is 0.185 e. The summed E-state index contributed by atoms with van der Waals surface area (Å²) in [5, 5.41) is 7.17. The Bertz CT molecular complexity index is 95.7. The van der Waals surface area contributed by atoms with Crippen LogP contribution in [0.15, 0.2) is 0 Å². The summed E-state index contributed by atoms with van der Waals surface area (Å²) in [5.74, 6) is 0.331. The molecule has 0 amide bonds. The summed E-state index contributed by atoms with van der Waals surface area (Å²) in [7, 11) is 1.52. The van der Waals surface area contributed by atoms with E-state index in [1.165, 1.54) is 7.11 Å². The summed E-state index contributed by atoms with van der Waals surface area (Å²) in [6.07, 6.45) is 0. The van der Waals surface area contributed by atoms with Crippen molar-refractivity contribution in [2.45, 2.75) is 20.8 Å². The third kappa shape index (κ3) is 4.28. The molecule has 0 fully saturated rings. The lowest BCUT2D eigenvalue weighted by molar-refractivity contribution is 0.332. The Morgan fingerprint density at radius 2 is 1.67 bits per heavy atom. The van der Waals surface area contributed by atoms with E-state index in [9.17, 15) is 0 Å². The van der Waals surface area contributed by atoms with Crippen LogP contribution in [0, 0.1) is 10.8 Å². The molecule has 0 aromatic carbocycles. The zero-order valence-corrected chi connectivity index (χ0v) is 7.13. The van der Waals surface area contributed by atoms with Crippen molar-refractivity contribution < 1.29 is 4.74 Å². The summed E-state index contributed by atoms with van der Waals surface area (Å²) in [6.45, 7) is 5.83. The molecule has 0 unspecified atom stereocenters. The molecule has 0 spiro atoms. The van der Waals surface area contributed by atoms with Gasteiger partial charge in [0.2, 0.25) is 0 Å². The van der Waals surface area contributed by atoms with E-state index < -0.39 is 0 Å². The van der Waals surface area contributed by atoms with Crippen molar-refractivity contribution in [3.63, 3.8) is 0 Å². The Kier molecular flexibility index (Phi) is 4.77. The minimum atomic E-state index is -0.130. The van der Waals surface area contributed by atoms with Crippen molar-refractivity contribution in [1.82, 2.24) is 0 Å². The number of hydrogen-bond acceptors (Lipinski definition) is 2. The highest BCUT2D eigenvalue weighted by molar-refractivity contribution is 5.85. The minimum absolute atomic E-state index is 0. The normalized spacial score (nSPS) is 9.78. The third-order valence-corrected chi connectivity index (χ3v) is 0.885. The largest absolute Gasteiger partial charge is 0.484 e. The van der Waals surface area contributed by atoms with E-state index in [0.29, 0.717) is 5.90 Å². The number of nitrogens with one attached hydrogen (secondary N) is 1. The Balaban J connectivity index is 0. The minimum Gasteiger partial charge on any atom is -0.484 e. The molecule has 56 valence electrons. The van der Waals surface area contributed by atoms with Gasteiger partial charge in [0.05, 0.1) is 7.11 Å². The third-order valence-electron chi connectivity index (χ3n) is 0.885. The first kappa shape index (κ1) is 11.5. The second-order valence-electron chi connectivity index (χ2n) is 2.78. The van der Waals surface area contributed by atoms with Gasteiger partial charge in [-0.1, -0.05) is 20.8 Å². The van der Waals surface area contributed by atoms with Crippen LogP contribution in [0.1, 0.15) is 20.8 Å². The molecule has 2 nitrogen and oxygen atoms in total. The molecule has 1 N–H and O–H groups in total. The van der Waals surface area contributed by atoms with Gasteiger partial charge in [0.1, 0.15) is 0 Å². The van der Waals surface area contributed by atoms with E-state index in [1.807, 2.05) is 20.8 Å². The van der Waals surface area contributed by atoms with Gasteiger partial charge in [0.25, 0.3) is 0 Å². The summed E-state index contributed by atoms with van der Waals surface area (Å²) < 4.78 is 4.70. The van der Waals surface area contributed by atoms with Crippen molar-refractivity contribution >= 4 is 18.3 Å². The molecule has 0 aliphatic carbocycles. The van der Waals surface area contributed by atoms with Gasteiger partial charge in [-0.2, -0.15) is 0 Å². The lowest BCUT2D eigenvalue weighted by atomic mass is 9.97. The van der Waals surface area contributed by atoms with Gasteiger partial charge in [-0.05, 0) is 0 Å². The second kappa shape index (κ2) is 3.72. The molecule has 0 aromatic heterocycles. The van der Waals surface area contributed by atoms with Crippen molar-refractivity contribution in [3.05, 3.63) is 0 Å². The number of halogens is 1. The Hall–Kier alpha value is -0.240. The van der Waals surface area contributed by atoms with Gasteiger partial charge in [0, 0.05) is 5.41 Å². The van der Waals surface area contributed by atoms with Crippen LogP contribution in [0.25, 0.3) is 0 Å². The van der Waals surface area contributed by atoms with E-state index >= 15 is 0 Å². The average Bonchev–Trinajstić information content (AvgIpc) is 1.62. The van der Waals surface area contributed by atoms with Gasteiger partial charge >= 0.3 is 0 Å². The molecular weight excluding hydrogens is 138 g/mol. The van der Waals surface area contributed by atoms with Crippen molar-refractivity contribution in [2.75, 3.05) is 7.11 Å². The Morgan fingerprint density at radius 3 is 1.67 bits per heavy atom. The van der Waals surface area contributed by atoms with E-state index in [1.54, 1.807) is 0 Å². The molecular formula is C6H14ClNO. The molecule has 0 aliphatic rings. The molecule has 0 aliphatic heterocycles. The van der Waals surface area contributed by atoms with Crippen molar-refractivity contribution in [2.24, 2.45) is 5.41 Å². The lowest BCUT2D eigenvalue weighted by Gasteiger charge is -2.16. The first-order chi connectivity index (χ1) is 3.48. The zero-order valence-electron chi connectivity index (χ0n) is 6.32. The highest BCUT2D eigenvalue weighted by Crippen LogP contribution is 2.14. The number of hydrogen-bond donors (Lipinski definition) is 1. The van der Waals surface area contributed by atoms with Crippen LogP contribution in [-0.2, 0) is 4.74 Å². The molecule has 0 saturated carbocycles. The Labute approximate surface area is 62.5 Å². The fourth-order valence-electron chi connectivity index (χ4n) is 0.306. The van der Waals surface area contributed by atoms with Crippen LogP contribution in [0.3, 0.4) is 0 Å². The number of methoxy groups -OCH3 is 1. The van der Waals surface area contributed by atoms with Gasteiger partial charge in [-0.15, -0.1) is 12.4 Å². The number of ether oxygens (including phenoxy) is 1. The predicted octanol–water partition coefficient (Wildman–Crippen LogP) is 2.08. The topological polar surface area (TPSA) is 33.1 Å². The second-order valence-corrected chi connectivity index (χ2v) is 2.78. The summed E-state index contributed by atoms with van der Waals surface area (Å²) in [4.78, 5) is 0. The lowest BCUT2D eigenvalue weighted by Crippen LogP contribution is -2.20. The van der Waals surface area contributed by atoms with Crippen LogP contribution in [0.5, 0.6) is 0 Å².